The first kappa shape index (κ1) is 98.5. The number of H-pyrrole nitrogens is 3. The maximum atomic E-state index is 15.5. The van der Waals surface area contributed by atoms with Gasteiger partial charge in [-0.25, -0.2) is 4.98 Å². The molecule has 42 heteroatoms. The predicted octanol–water partition coefficient (Wildman–Crippen LogP) is -2.61. The van der Waals surface area contributed by atoms with Gasteiger partial charge in [0, 0.05) is 125 Å². The van der Waals surface area contributed by atoms with E-state index in [-0.39, 0.29) is 81.5 Å². The van der Waals surface area contributed by atoms with Gasteiger partial charge in [-0.15, -0.1) is 11.8 Å². The number of nitrogens with zero attached hydrogens (tertiary/aromatic N) is 6. The Morgan fingerprint density at radius 3 is 1.76 bits per heavy atom. The zero-order valence-corrected chi connectivity index (χ0v) is 73.1. The van der Waals surface area contributed by atoms with Crippen LogP contribution in [0.2, 0.25) is 0 Å². The summed E-state index contributed by atoms with van der Waals surface area (Å²) in [6.07, 6.45) is 2.88. The van der Waals surface area contributed by atoms with Gasteiger partial charge in [0.15, 0.2) is 5.78 Å². The van der Waals surface area contributed by atoms with E-state index in [0.717, 1.165) is 26.5 Å². The van der Waals surface area contributed by atoms with Crippen molar-refractivity contribution in [3.8, 4) is 5.75 Å². The van der Waals surface area contributed by atoms with Gasteiger partial charge in [0.1, 0.15) is 66.2 Å². The molecule has 3 aliphatic heterocycles. The number of likely N-dealkylation sites (N-methyl/N-ethyl adjacent to an activating group) is 3. The second-order valence-corrected chi connectivity index (χ2v) is 33.4. The van der Waals surface area contributed by atoms with Crippen LogP contribution in [0.4, 0.5) is 0 Å². The number of para-hydroxylation sites is 2. The molecule has 17 amide bonds. The van der Waals surface area contributed by atoms with Crippen LogP contribution in [-0.4, -0.2) is 299 Å². The first-order valence-corrected chi connectivity index (χ1v) is 43.7. The number of carbonyl (C=O) groups is 18. The molecule has 0 unspecified atom stereocenters. The van der Waals surface area contributed by atoms with E-state index in [4.69, 9.17) is 17.2 Å². The number of fused-ring (bicyclic) bond motifs is 4. The van der Waals surface area contributed by atoms with Crippen LogP contribution < -0.4 is 65.1 Å². The number of aromatic nitrogens is 4. The highest BCUT2D eigenvalue weighted by Gasteiger charge is 2.46. The number of ketones is 1. The number of hydrogen-bond acceptors (Lipinski definition) is 22. The predicted molar refractivity (Wildman–Crippen MR) is 466 cm³/mol. The lowest BCUT2D eigenvalue weighted by molar-refractivity contribution is -0.149. The lowest BCUT2D eigenvalue weighted by Gasteiger charge is -2.36. The minimum Gasteiger partial charge on any atom is -0.508 e. The topological polar surface area (TPSA) is 611 Å². The highest BCUT2D eigenvalue weighted by molar-refractivity contribution is 8.00. The van der Waals surface area contributed by atoms with Crippen molar-refractivity contribution in [3.05, 3.63) is 120 Å². The molecule has 13 atom stereocenters. The van der Waals surface area contributed by atoms with Gasteiger partial charge in [-0.2, -0.15) is 0 Å². The monoisotopic (exact) mass is 1790 g/mol. The summed E-state index contributed by atoms with van der Waals surface area (Å²) >= 11 is 0.780. The molecule has 20 N–H and O–H groups in total. The molecule has 0 radical (unpaired) electrons. The number of imidazole rings is 1. The Kier molecular flexibility index (Phi) is 36.0. The molecule has 6 aromatic rings. The number of rotatable bonds is 22. The fourth-order valence-electron chi connectivity index (χ4n) is 15.9. The molecule has 3 saturated heterocycles. The minimum absolute atomic E-state index is 0.0433. The van der Waals surface area contributed by atoms with E-state index in [0.29, 0.717) is 64.2 Å². The second kappa shape index (κ2) is 46.8. The number of hydrogen-bond donors (Lipinski definition) is 17. The van der Waals surface area contributed by atoms with E-state index in [1.165, 1.54) is 74.7 Å². The maximum Gasteiger partial charge on any atom is 0.246 e. The lowest BCUT2D eigenvalue weighted by Crippen LogP contribution is -2.60. The third-order valence-electron chi connectivity index (χ3n) is 23.0. The number of primary amides is 3. The standard InChI is InChI=1S/C86H115N21O20S/c1-7-9-20-65-80(121)95-42-74(115)99-64(78(119)93-40-72(89)113)44-128-45-75(116)98-61(30-48-23-25-53(108)26-24-48)82(123)103(4)47(3)76(117)102-63(36-71(88)112)85(126)106-29-15-22-66(106)81(122)101-60(34-52-39-90-46-96-52)79(120)100-59(27-28-70(87)111)84(125)107-43-54(109)35-68(107)69(110)33-49(31-50-37-91-57-18-13-11-16-55(50)57)77(118)94-41-73(114)97-62(32-51-38-92-58-19-14-12-17-56(51)58)83(124)105(6)67(21-10-8-2)86(127)104(65)5/h11-14,16-19,23-26,37-39,46-47,49,54,59-68,91-92,108-109H,7-10,15,20-22,27-36,40-45H2,1-6H3,(H2,87,111)(H2,88,112)(H2,89,113)(H,90,96)(H,93,119)(H,94,118)(H,95,121)(H,97,114)(H,98,116)(H,99,115)(H,100,120)(H,101,122)(H,102,117)/t47-,49+,54+,59-,60-,61-,62-,63-,64-,65-,66-,67-,68-/m0/s1. The second-order valence-electron chi connectivity index (χ2n) is 32.4. The third kappa shape index (κ3) is 27.1. The fraction of sp³-hybridized carbons (Fsp3) is 0.500. The molecule has 3 fully saturated rings. The summed E-state index contributed by atoms with van der Waals surface area (Å²) in [6, 6.07) is 3.24. The van der Waals surface area contributed by atoms with Crippen LogP contribution in [-0.2, 0) is 112 Å². The van der Waals surface area contributed by atoms with E-state index >= 15 is 24.0 Å². The average Bonchev–Trinajstić information content (AvgIpc) is 1.61. The highest BCUT2D eigenvalue weighted by atomic mass is 32.2. The summed E-state index contributed by atoms with van der Waals surface area (Å²) in [5.74, 6) is -18.7. The molecular formula is C86H115N21O20S. The minimum atomic E-state index is -1.79. The van der Waals surface area contributed by atoms with Gasteiger partial charge in [-0.05, 0) is 86.4 Å². The third-order valence-corrected chi connectivity index (χ3v) is 24.1. The van der Waals surface area contributed by atoms with Crippen molar-refractivity contribution in [3.63, 3.8) is 0 Å². The number of benzene rings is 3. The van der Waals surface area contributed by atoms with Crippen LogP contribution in [0.25, 0.3) is 21.8 Å². The fourth-order valence-corrected chi connectivity index (χ4v) is 16.8. The highest BCUT2D eigenvalue weighted by Crippen LogP contribution is 2.30. The van der Waals surface area contributed by atoms with Crippen molar-refractivity contribution in [2.75, 3.05) is 65.4 Å². The van der Waals surface area contributed by atoms with Gasteiger partial charge < -0.3 is 115 Å². The van der Waals surface area contributed by atoms with Gasteiger partial charge in [-0.3, -0.25) is 86.3 Å². The number of nitrogens with one attached hydrogen (secondary N) is 12. The van der Waals surface area contributed by atoms with Gasteiger partial charge in [0.05, 0.1) is 56.0 Å². The molecule has 3 aromatic carbocycles. The van der Waals surface area contributed by atoms with E-state index in [1.807, 2.05) is 13.8 Å². The molecule has 128 heavy (non-hydrogen) atoms. The van der Waals surface area contributed by atoms with E-state index in [1.54, 1.807) is 60.9 Å². The van der Waals surface area contributed by atoms with Crippen molar-refractivity contribution < 1.29 is 96.5 Å². The molecular weight excluding hydrogens is 1680 g/mol. The quantitative estimate of drug-likeness (QED) is 0.0331. The Morgan fingerprint density at radius 1 is 0.555 bits per heavy atom. The number of nitrogens with two attached hydrogens (primary N) is 3. The normalized spacial score (nSPS) is 24.3. The number of phenolic OH excluding ortho intramolecular Hbond substituents is 1. The summed E-state index contributed by atoms with van der Waals surface area (Å²) in [6.45, 7) is 2.08. The molecule has 9 rings (SSSR count). The van der Waals surface area contributed by atoms with E-state index < -0.39 is 242 Å². The summed E-state index contributed by atoms with van der Waals surface area (Å²) in [4.78, 5) is 277. The zero-order chi connectivity index (χ0) is 93.2. The van der Waals surface area contributed by atoms with Gasteiger partial charge in [-0.1, -0.05) is 88.1 Å². The SMILES string of the molecule is CCCC[C@H]1C(=O)N(C)[C@@H](CCCC)C(=O)NCC(=O)N[C@H](C(=O)NCC(N)=O)CSCC(=O)N[C@@H](Cc2ccc(O)cc2)C(=O)N(C)[C@@H](C)C(=O)N[C@@H](CC(N)=O)C(=O)N2CCC[C@H]2C(=O)N[C@@H](Cc2c[nH]cn2)C(=O)N[C@@H](CCC(N)=O)C(=O)N2C[C@H](O)C[C@H]2C(=O)C[C@@H](Cc2c[nH]c3ccccc23)C(=O)NCC(=O)N[C@@H](Cc2c[nH]c3ccccc23)C(=O)N1C. The van der Waals surface area contributed by atoms with Crippen LogP contribution >= 0.6 is 11.8 Å². The van der Waals surface area contributed by atoms with Crippen molar-refractivity contribution in [2.45, 2.75) is 202 Å². The van der Waals surface area contributed by atoms with Crippen LogP contribution in [0.3, 0.4) is 0 Å². The Labute approximate surface area is 741 Å². The van der Waals surface area contributed by atoms with Crippen LogP contribution in [0.15, 0.2) is 97.7 Å². The molecule has 0 bridgehead atoms. The number of carbonyl (C=O) groups excluding carboxylic acids is 18. The van der Waals surface area contributed by atoms with Gasteiger partial charge in [0.25, 0.3) is 0 Å². The molecule has 3 aromatic heterocycles. The molecule has 6 heterocycles. The van der Waals surface area contributed by atoms with E-state index in [2.05, 4.69) is 67.8 Å². The summed E-state index contributed by atoms with van der Waals surface area (Å²) in [7, 11) is 3.96. The number of aliphatic hydroxyl groups is 1. The molecule has 41 nitrogen and oxygen atoms in total. The number of phenols is 1. The lowest BCUT2D eigenvalue weighted by atomic mass is 9.90. The first-order chi connectivity index (χ1) is 61.0. The molecule has 690 valence electrons. The number of aliphatic hydroxyl groups excluding tert-OH is 1. The van der Waals surface area contributed by atoms with Gasteiger partial charge in [0.2, 0.25) is 100 Å². The Bertz CT molecular complexity index is 5020. The summed E-state index contributed by atoms with van der Waals surface area (Å²) in [5, 5.41) is 46.1. The summed E-state index contributed by atoms with van der Waals surface area (Å²) < 4.78 is 0. The molecule has 3 aliphatic rings. The maximum absolute atomic E-state index is 15.5. The van der Waals surface area contributed by atoms with Crippen molar-refractivity contribution in [2.24, 2.45) is 23.1 Å². The largest absolute Gasteiger partial charge is 0.508 e. The van der Waals surface area contributed by atoms with Crippen LogP contribution in [0.1, 0.15) is 127 Å². The van der Waals surface area contributed by atoms with Gasteiger partial charge >= 0.3 is 0 Å². The summed E-state index contributed by atoms with van der Waals surface area (Å²) in [5.41, 5.74) is 19.8. The molecule has 0 saturated carbocycles. The average molecular weight is 1800 g/mol. The van der Waals surface area contributed by atoms with E-state index in [9.17, 15) is 72.5 Å². The number of amides is 17. The Morgan fingerprint density at radius 2 is 1.13 bits per heavy atom. The first-order valence-electron chi connectivity index (χ1n) is 42.6. The van der Waals surface area contributed by atoms with Crippen molar-refractivity contribution >= 4 is 140 Å². The van der Waals surface area contributed by atoms with Crippen molar-refractivity contribution in [1.29, 1.82) is 0 Å². The Balaban J connectivity index is 1.06. The molecule has 0 spiro atoms. The Hall–Kier alpha value is -13.3. The van der Waals surface area contributed by atoms with Crippen molar-refractivity contribution in [1.82, 2.24) is 92.3 Å². The molecule has 0 aliphatic carbocycles. The number of thioether (sulfide) groups is 1. The van der Waals surface area contributed by atoms with Crippen LogP contribution in [0.5, 0.6) is 5.75 Å². The van der Waals surface area contributed by atoms with Crippen LogP contribution in [0, 0.1) is 5.92 Å². The number of aromatic hydroxyl groups is 1. The zero-order valence-electron chi connectivity index (χ0n) is 72.3. The number of Topliss-reactive ketones (excluding diaryl/α,β-unsaturated/α-hetero) is 1. The number of unbranched alkanes of at least 4 members (excludes halogenated alkanes) is 2. The number of aromatic amines is 3. The smallest absolute Gasteiger partial charge is 0.246 e.